The summed E-state index contributed by atoms with van der Waals surface area (Å²) in [6.45, 7) is 0. The third-order valence-corrected chi connectivity index (χ3v) is 27.5. The highest BCUT2D eigenvalue weighted by Crippen LogP contribution is 2.47. The summed E-state index contributed by atoms with van der Waals surface area (Å²) in [5.74, 6) is 4.89. The molecular weight excluding hydrogens is 1620 g/mol. The molecule has 0 saturated carbocycles. The van der Waals surface area contributed by atoms with E-state index < -0.39 is 0 Å². The first-order valence-electron chi connectivity index (χ1n) is 41.6. The first kappa shape index (κ1) is 74.2. The van der Waals surface area contributed by atoms with Crippen LogP contribution in [0.25, 0.3) is 241 Å². The molecule has 590 valence electrons. The van der Waals surface area contributed by atoms with E-state index in [1.54, 1.807) is 34.0 Å². The Labute approximate surface area is 739 Å². The highest BCUT2D eigenvalue weighted by molar-refractivity contribution is 7.80. The van der Waals surface area contributed by atoms with Crippen molar-refractivity contribution >= 4 is 151 Å². The van der Waals surface area contributed by atoms with E-state index in [1.807, 2.05) is 78.9 Å². The highest BCUT2D eigenvalue weighted by Gasteiger charge is 2.26. The number of para-hydroxylation sites is 2. The van der Waals surface area contributed by atoms with Gasteiger partial charge in [0.1, 0.15) is 0 Å². The molecule has 0 bridgehead atoms. The molecule has 12 nitrogen and oxygen atoms in total. The van der Waals surface area contributed by atoms with Crippen LogP contribution >= 0.6 is 46.6 Å². The zero-order chi connectivity index (χ0) is 83.3. The molecule has 9 aromatic heterocycles. The Morgan fingerprint density at radius 2 is 0.532 bits per heavy atom. The molecule has 0 aliphatic carbocycles. The second-order valence-electron chi connectivity index (χ2n) is 31.1. The minimum atomic E-state index is 0.545. The van der Waals surface area contributed by atoms with Gasteiger partial charge in [0, 0.05) is 111 Å². The third kappa shape index (κ3) is 13.1. The van der Waals surface area contributed by atoms with Crippen molar-refractivity contribution in [1.29, 1.82) is 0 Å². The van der Waals surface area contributed by atoms with E-state index in [0.717, 1.165) is 179 Å². The molecule has 0 atom stereocenters. The summed E-state index contributed by atoms with van der Waals surface area (Å²) in [5, 5.41) is 9.10. The fraction of sp³-hybridized carbons (Fsp3) is 0. The summed E-state index contributed by atoms with van der Waals surface area (Å²) >= 11 is 10.2. The molecule has 0 amide bonds. The number of thiophene rings is 3. The third-order valence-electron chi connectivity index (χ3n) is 23.5. The van der Waals surface area contributed by atoms with Crippen LogP contribution < -0.4 is 0 Å². The summed E-state index contributed by atoms with van der Waals surface area (Å²) in [4.78, 5) is 53.0. The summed E-state index contributed by atoms with van der Waals surface area (Å²) in [6.07, 6.45) is 0. The number of fused-ring (bicyclic) bond motifs is 15. The quantitative estimate of drug-likeness (QED) is 0.111. The first-order valence-corrected chi connectivity index (χ1v) is 44.4. The number of hydrogen-bond donors (Lipinski definition) is 1. The summed E-state index contributed by atoms with van der Waals surface area (Å²) in [5.41, 5.74) is 22.3. The molecule has 16 aromatic carbocycles. The van der Waals surface area contributed by atoms with Crippen molar-refractivity contribution in [3.05, 3.63) is 394 Å². The number of benzene rings is 16. The van der Waals surface area contributed by atoms with Crippen molar-refractivity contribution in [3.63, 3.8) is 0 Å². The Morgan fingerprint density at radius 1 is 0.190 bits per heavy atom. The van der Waals surface area contributed by atoms with Crippen molar-refractivity contribution < 1.29 is 0 Å². The topological polar surface area (TPSA) is 139 Å². The van der Waals surface area contributed by atoms with Gasteiger partial charge in [0.15, 0.2) is 34.9 Å². The molecule has 0 unspecified atom stereocenters. The molecule has 9 heterocycles. The predicted octanol–water partition coefficient (Wildman–Crippen LogP) is 29.2. The summed E-state index contributed by atoms with van der Waals surface area (Å²) in [7, 11) is 0. The number of hydrogen-bond acceptors (Lipinski definition) is 14. The molecule has 0 spiro atoms. The van der Waals surface area contributed by atoms with Gasteiger partial charge in [0.2, 0.25) is 11.9 Å². The zero-order valence-corrected chi connectivity index (χ0v) is 70.4. The Hall–Kier alpha value is -15.7. The van der Waals surface area contributed by atoms with Crippen molar-refractivity contribution in [1.82, 2.24) is 59.0 Å². The number of thiol groups is 1. The van der Waals surface area contributed by atoms with Crippen molar-refractivity contribution in [3.8, 4) is 136 Å². The van der Waals surface area contributed by atoms with E-state index in [9.17, 15) is 0 Å². The normalized spacial score (nSPS) is 11.7. The highest BCUT2D eigenvalue weighted by atomic mass is 32.1. The van der Waals surface area contributed by atoms with Gasteiger partial charge in [-0.25, -0.2) is 29.9 Å². The summed E-state index contributed by atoms with van der Waals surface area (Å²) in [6, 6.07) is 137. The van der Waals surface area contributed by atoms with Crippen molar-refractivity contribution in [2.45, 2.75) is 4.90 Å². The molecule has 0 N–H and O–H groups in total. The maximum Gasteiger partial charge on any atom is 0.238 e. The van der Waals surface area contributed by atoms with E-state index in [1.165, 1.54) is 25.2 Å². The van der Waals surface area contributed by atoms with Crippen LogP contribution in [0.1, 0.15) is 0 Å². The van der Waals surface area contributed by atoms with Crippen LogP contribution in [0.3, 0.4) is 0 Å². The molecule has 25 aromatic rings. The second-order valence-corrected chi connectivity index (χ2v) is 34.7. The van der Waals surface area contributed by atoms with Crippen LogP contribution in [0.2, 0.25) is 0 Å². The van der Waals surface area contributed by atoms with Crippen LogP contribution in [-0.4, -0.2) is 59.0 Å². The van der Waals surface area contributed by atoms with E-state index in [2.05, 4.69) is 325 Å². The van der Waals surface area contributed by atoms with E-state index in [-0.39, 0.29) is 0 Å². The Kier molecular flexibility index (Phi) is 18.3. The number of nitrogens with zero attached hydrogens (tertiary/aromatic N) is 12. The second kappa shape index (κ2) is 31.0. The van der Waals surface area contributed by atoms with E-state index in [0.29, 0.717) is 41.0 Å². The van der Waals surface area contributed by atoms with E-state index >= 15 is 0 Å². The maximum atomic E-state index is 5.33. The molecule has 0 saturated heterocycles. The molecule has 25 rings (SSSR count). The first-order chi connectivity index (χ1) is 62.3. The predicted molar refractivity (Wildman–Crippen MR) is 525 cm³/mol. The standard InChI is InChI=1S/C55H32N6S2.C55H34N6S2/c1-4-15-33(16-5-1)36-27-29-45-42(31-36)38-21-10-12-25-44(38)61(45)55-59-52(35-19-8-3-9-20-35)58-53(60-55)37-28-30-47-43(32-37)39-23-14-24-41(50(39)62-47)54-56-48(34-17-6-2-7-18-34)51-49(57-54)40-22-11-13-26-46(40)63-51;62-47-31-29-40(33-43(47)35-24-26-38(27-25-35)52-56-49(36-16-6-2-7-17-36)51-50(57-52)42-21-11-13-23-48(42)63-51)54-58-53(37-18-8-3-9-19-37)59-55(60-54)61-45-22-12-10-20-41(45)44-32-39(28-30-46(44)61)34-14-4-1-5-15-34/h1-32H;1-33,62H. The van der Waals surface area contributed by atoms with Gasteiger partial charge in [-0.05, 0) is 118 Å². The Balaban J connectivity index is 0.000000141. The largest absolute Gasteiger partial charge is 0.278 e. The minimum absolute atomic E-state index is 0.545. The van der Waals surface area contributed by atoms with Gasteiger partial charge in [-0.15, -0.1) is 46.6 Å². The van der Waals surface area contributed by atoms with Gasteiger partial charge in [0.05, 0.1) is 53.9 Å². The van der Waals surface area contributed by atoms with Gasteiger partial charge < -0.3 is 0 Å². The lowest BCUT2D eigenvalue weighted by Gasteiger charge is -2.13. The van der Waals surface area contributed by atoms with Crippen LogP contribution in [0.4, 0.5) is 0 Å². The summed E-state index contributed by atoms with van der Waals surface area (Å²) < 4.78 is 11.2. The van der Waals surface area contributed by atoms with E-state index in [4.69, 9.17) is 62.5 Å². The van der Waals surface area contributed by atoms with Gasteiger partial charge in [0.25, 0.3) is 0 Å². The average molecular weight is 1680 g/mol. The van der Waals surface area contributed by atoms with Crippen LogP contribution in [0.5, 0.6) is 0 Å². The molecule has 126 heavy (non-hydrogen) atoms. The lowest BCUT2D eigenvalue weighted by molar-refractivity contribution is 0.953. The lowest BCUT2D eigenvalue weighted by Crippen LogP contribution is -2.06. The molecule has 0 fully saturated rings. The Morgan fingerprint density at radius 3 is 1.04 bits per heavy atom. The van der Waals surface area contributed by atoms with Gasteiger partial charge in [-0.1, -0.05) is 309 Å². The number of aromatic nitrogens is 12. The average Bonchev–Trinajstić information content (AvgIpc) is 1.59. The molecular formula is C110H66N12S4. The maximum absolute atomic E-state index is 5.33. The Bertz CT molecular complexity index is 8590. The van der Waals surface area contributed by atoms with Crippen LogP contribution in [0.15, 0.2) is 399 Å². The zero-order valence-electron chi connectivity index (χ0n) is 67.1. The lowest BCUT2D eigenvalue weighted by atomic mass is 10.0. The van der Waals surface area contributed by atoms with Crippen LogP contribution in [-0.2, 0) is 0 Å². The smallest absolute Gasteiger partial charge is 0.238 e. The van der Waals surface area contributed by atoms with Crippen LogP contribution in [0, 0.1) is 0 Å². The molecule has 0 aliphatic rings. The van der Waals surface area contributed by atoms with Gasteiger partial charge in [-0.2, -0.15) is 19.9 Å². The molecule has 16 heteroatoms. The monoisotopic (exact) mass is 1680 g/mol. The SMILES string of the molecule is Sc1ccc(-c2nc(-c3ccccc3)nc(-n3c4ccccc4c4cc(-c5ccccc5)ccc43)n2)cc1-c1ccc(-c2nc(-c3ccccc3)c3sc4ccccc4c3n2)cc1.c1ccc(-c2ccc3c(c2)c2ccccc2n3-c2nc(-c3ccccc3)nc(-c3ccc4sc5c(-c6nc(-c7ccccc7)c7sc8ccccc8c7n6)cccc5c4c3)n2)cc1. The van der Waals surface area contributed by atoms with Gasteiger partial charge in [-0.3, -0.25) is 9.13 Å². The fourth-order valence-electron chi connectivity index (χ4n) is 17.5. The fourth-order valence-corrected chi connectivity index (χ4v) is 21.2. The molecule has 0 radical (unpaired) electrons. The molecule has 0 aliphatic heterocycles. The number of rotatable bonds is 13. The minimum Gasteiger partial charge on any atom is -0.278 e. The van der Waals surface area contributed by atoms with Crippen molar-refractivity contribution in [2.75, 3.05) is 0 Å². The van der Waals surface area contributed by atoms with Gasteiger partial charge >= 0.3 is 0 Å². The van der Waals surface area contributed by atoms with Crippen molar-refractivity contribution in [2.24, 2.45) is 0 Å².